The maximum absolute atomic E-state index is 11.5. The van der Waals surface area contributed by atoms with Crippen molar-refractivity contribution < 1.29 is 9.84 Å². The first-order chi connectivity index (χ1) is 7.61. The first kappa shape index (κ1) is 11.1. The van der Waals surface area contributed by atoms with E-state index in [1.165, 1.54) is 16.8 Å². The minimum absolute atomic E-state index is 0.0428. The molecule has 1 fully saturated rings. The molecule has 0 saturated carbocycles. The quantitative estimate of drug-likeness (QED) is 0.718. The molecule has 1 aliphatic heterocycles. The van der Waals surface area contributed by atoms with E-state index < -0.39 is 23.6 Å². The highest BCUT2D eigenvalue weighted by molar-refractivity contribution is 4.88. The van der Waals surface area contributed by atoms with Gasteiger partial charge in [0, 0.05) is 18.7 Å². The summed E-state index contributed by atoms with van der Waals surface area (Å²) in [5.41, 5.74) is -1.02. The standard InChI is InChI=1S/C10H14N2O4/c1-2-6-5-7(13)9(16-6)12-4-3-8(14)11-10(12)15/h3-4,6-7,9,13H,2,5H2,1H3,(H,11,14,15). The van der Waals surface area contributed by atoms with Gasteiger partial charge in [0.2, 0.25) is 0 Å². The molecule has 1 aromatic heterocycles. The largest absolute Gasteiger partial charge is 0.388 e. The molecule has 1 aliphatic rings. The number of H-pyrrole nitrogens is 1. The zero-order chi connectivity index (χ0) is 11.7. The molecular weight excluding hydrogens is 212 g/mol. The summed E-state index contributed by atoms with van der Waals surface area (Å²) >= 11 is 0. The third kappa shape index (κ3) is 1.94. The van der Waals surface area contributed by atoms with Gasteiger partial charge in [0.05, 0.1) is 6.10 Å². The minimum atomic E-state index is -0.714. The molecule has 0 amide bonds. The van der Waals surface area contributed by atoms with Gasteiger partial charge >= 0.3 is 5.69 Å². The molecular formula is C10H14N2O4. The first-order valence-electron chi connectivity index (χ1n) is 5.27. The number of hydrogen-bond donors (Lipinski definition) is 2. The number of rotatable bonds is 2. The lowest BCUT2D eigenvalue weighted by molar-refractivity contribution is -0.0404. The molecule has 0 aromatic carbocycles. The topological polar surface area (TPSA) is 84.3 Å². The SMILES string of the molecule is CCC1CC(O)C(n2ccc(=O)[nH]c2=O)O1. The predicted molar refractivity (Wildman–Crippen MR) is 56.1 cm³/mol. The van der Waals surface area contributed by atoms with Crippen LogP contribution in [0.2, 0.25) is 0 Å². The number of aromatic amines is 1. The Kier molecular flexibility index (Phi) is 2.93. The molecule has 3 unspecified atom stereocenters. The number of ether oxygens (including phenoxy) is 1. The lowest BCUT2D eigenvalue weighted by Gasteiger charge is -2.16. The second-order valence-corrected chi connectivity index (χ2v) is 3.88. The smallest absolute Gasteiger partial charge is 0.330 e. The Morgan fingerprint density at radius 2 is 2.38 bits per heavy atom. The summed E-state index contributed by atoms with van der Waals surface area (Å²) in [6.45, 7) is 1.95. The van der Waals surface area contributed by atoms with Crippen LogP contribution in [0.5, 0.6) is 0 Å². The van der Waals surface area contributed by atoms with E-state index in [-0.39, 0.29) is 6.10 Å². The summed E-state index contributed by atoms with van der Waals surface area (Å²) in [4.78, 5) is 24.5. The van der Waals surface area contributed by atoms with Crippen molar-refractivity contribution in [2.24, 2.45) is 0 Å². The maximum Gasteiger partial charge on any atom is 0.330 e. The molecule has 0 aliphatic carbocycles. The van der Waals surface area contributed by atoms with Crippen LogP contribution >= 0.6 is 0 Å². The van der Waals surface area contributed by atoms with Crippen molar-refractivity contribution in [1.29, 1.82) is 0 Å². The number of hydrogen-bond acceptors (Lipinski definition) is 4. The van der Waals surface area contributed by atoms with Crippen molar-refractivity contribution in [3.63, 3.8) is 0 Å². The average molecular weight is 226 g/mol. The van der Waals surface area contributed by atoms with E-state index in [4.69, 9.17) is 4.74 Å². The van der Waals surface area contributed by atoms with Gasteiger partial charge in [-0.3, -0.25) is 14.3 Å². The van der Waals surface area contributed by atoms with Crippen molar-refractivity contribution in [1.82, 2.24) is 9.55 Å². The van der Waals surface area contributed by atoms with Crippen LogP contribution in [-0.4, -0.2) is 26.9 Å². The lowest BCUT2D eigenvalue weighted by Crippen LogP contribution is -2.34. The van der Waals surface area contributed by atoms with Gasteiger partial charge in [-0.1, -0.05) is 6.92 Å². The first-order valence-corrected chi connectivity index (χ1v) is 5.27. The second-order valence-electron chi connectivity index (χ2n) is 3.88. The van der Waals surface area contributed by atoms with E-state index in [1.807, 2.05) is 6.92 Å². The number of aliphatic hydroxyl groups excluding tert-OH is 1. The molecule has 2 heterocycles. The highest BCUT2D eigenvalue weighted by atomic mass is 16.5. The molecule has 0 radical (unpaired) electrons. The highest BCUT2D eigenvalue weighted by Crippen LogP contribution is 2.28. The van der Waals surface area contributed by atoms with E-state index >= 15 is 0 Å². The Hall–Kier alpha value is -1.40. The van der Waals surface area contributed by atoms with Crippen molar-refractivity contribution in [3.05, 3.63) is 33.1 Å². The van der Waals surface area contributed by atoms with Crippen molar-refractivity contribution in [2.75, 3.05) is 0 Å². The van der Waals surface area contributed by atoms with Gasteiger partial charge in [0.15, 0.2) is 6.23 Å². The number of nitrogens with one attached hydrogen (secondary N) is 1. The van der Waals surface area contributed by atoms with Gasteiger partial charge in [-0.25, -0.2) is 4.79 Å². The van der Waals surface area contributed by atoms with Gasteiger partial charge in [-0.2, -0.15) is 0 Å². The van der Waals surface area contributed by atoms with Crippen molar-refractivity contribution >= 4 is 0 Å². The van der Waals surface area contributed by atoms with E-state index in [2.05, 4.69) is 4.98 Å². The lowest BCUT2D eigenvalue weighted by atomic mass is 10.1. The van der Waals surface area contributed by atoms with Crippen molar-refractivity contribution in [2.45, 2.75) is 38.2 Å². The molecule has 2 rings (SSSR count). The fraction of sp³-hybridized carbons (Fsp3) is 0.600. The summed E-state index contributed by atoms with van der Waals surface area (Å²) in [6.07, 6.45) is 1.17. The van der Waals surface area contributed by atoms with Crippen molar-refractivity contribution in [3.8, 4) is 0 Å². The molecule has 1 aromatic rings. The van der Waals surface area contributed by atoms with Gasteiger partial charge in [-0.15, -0.1) is 0 Å². The summed E-state index contributed by atoms with van der Waals surface area (Å²) in [6, 6.07) is 1.23. The minimum Gasteiger partial charge on any atom is -0.388 e. The fourth-order valence-corrected chi connectivity index (χ4v) is 1.87. The maximum atomic E-state index is 11.5. The zero-order valence-corrected chi connectivity index (χ0v) is 8.92. The Bertz CT molecular complexity index is 478. The van der Waals surface area contributed by atoms with Crippen LogP contribution in [0.1, 0.15) is 26.0 Å². The highest BCUT2D eigenvalue weighted by Gasteiger charge is 2.34. The third-order valence-corrected chi connectivity index (χ3v) is 2.75. The Morgan fingerprint density at radius 1 is 1.62 bits per heavy atom. The molecule has 0 spiro atoms. The number of nitrogens with zero attached hydrogens (tertiary/aromatic N) is 1. The molecule has 0 bridgehead atoms. The van der Waals surface area contributed by atoms with Crippen LogP contribution < -0.4 is 11.2 Å². The van der Waals surface area contributed by atoms with Crippen LogP contribution in [0.25, 0.3) is 0 Å². The van der Waals surface area contributed by atoms with E-state index in [9.17, 15) is 14.7 Å². The monoisotopic (exact) mass is 226 g/mol. The van der Waals surface area contributed by atoms with Crippen LogP contribution in [-0.2, 0) is 4.74 Å². The van der Waals surface area contributed by atoms with Gasteiger partial charge in [-0.05, 0) is 6.42 Å². The van der Waals surface area contributed by atoms with E-state index in [1.54, 1.807) is 0 Å². The summed E-state index contributed by atoms with van der Waals surface area (Å²) in [5.74, 6) is 0. The van der Waals surface area contributed by atoms with Gasteiger partial charge in [0.25, 0.3) is 5.56 Å². The Morgan fingerprint density at radius 3 is 2.94 bits per heavy atom. The number of aromatic nitrogens is 2. The molecule has 16 heavy (non-hydrogen) atoms. The fourth-order valence-electron chi connectivity index (χ4n) is 1.87. The van der Waals surface area contributed by atoms with Crippen LogP contribution in [0.3, 0.4) is 0 Å². The third-order valence-electron chi connectivity index (χ3n) is 2.75. The average Bonchev–Trinajstić information content (AvgIpc) is 2.60. The normalized spacial score (nSPS) is 29.5. The summed E-state index contributed by atoms with van der Waals surface area (Å²) in [5, 5.41) is 9.76. The van der Waals surface area contributed by atoms with Gasteiger partial charge in [0.1, 0.15) is 6.10 Å². The van der Waals surface area contributed by atoms with E-state index in [0.717, 1.165) is 6.42 Å². The Balaban J connectivity index is 2.31. The van der Waals surface area contributed by atoms with E-state index in [0.29, 0.717) is 6.42 Å². The molecule has 1 saturated heterocycles. The number of aliphatic hydroxyl groups is 1. The molecule has 6 nitrogen and oxygen atoms in total. The second kappa shape index (κ2) is 4.23. The van der Waals surface area contributed by atoms with Crippen LogP contribution in [0.4, 0.5) is 0 Å². The molecule has 88 valence electrons. The molecule has 6 heteroatoms. The summed E-state index contributed by atoms with van der Waals surface area (Å²) in [7, 11) is 0. The zero-order valence-electron chi connectivity index (χ0n) is 8.92. The van der Waals surface area contributed by atoms with Gasteiger partial charge < -0.3 is 9.84 Å². The Labute approximate surface area is 91.5 Å². The molecule has 2 N–H and O–H groups in total. The predicted octanol–water partition coefficient (Wildman–Crippen LogP) is -0.405. The summed E-state index contributed by atoms with van der Waals surface area (Å²) < 4.78 is 6.73. The van der Waals surface area contributed by atoms with Crippen LogP contribution in [0, 0.1) is 0 Å². The van der Waals surface area contributed by atoms with Crippen LogP contribution in [0.15, 0.2) is 21.9 Å². The molecule has 3 atom stereocenters.